The lowest BCUT2D eigenvalue weighted by molar-refractivity contribution is -0.385. The molecule has 0 atom stereocenters. The Labute approximate surface area is 105 Å². The van der Waals surface area contributed by atoms with Gasteiger partial charge in [0.05, 0.1) is 10.4 Å². The lowest BCUT2D eigenvalue weighted by Crippen LogP contribution is -1.96. The Morgan fingerprint density at radius 2 is 2.19 bits per heavy atom. The van der Waals surface area contributed by atoms with Crippen LogP contribution >= 0.6 is 27.5 Å². The van der Waals surface area contributed by atoms with Gasteiger partial charge in [-0.25, -0.2) is 4.98 Å². The Morgan fingerprint density at radius 3 is 2.81 bits per heavy atom. The first-order valence-electron chi connectivity index (χ1n) is 4.40. The van der Waals surface area contributed by atoms with Gasteiger partial charge in [0.1, 0.15) is 10.7 Å². The van der Waals surface area contributed by atoms with Crippen LogP contribution in [0.4, 0.5) is 5.69 Å². The maximum Gasteiger partial charge on any atom is 0.309 e. The fourth-order valence-corrected chi connectivity index (χ4v) is 2.23. The predicted molar refractivity (Wildman–Crippen MR) is 65.8 cm³/mol. The number of nitro groups is 1. The molecule has 2 aromatic rings. The van der Waals surface area contributed by atoms with Crippen LogP contribution in [-0.4, -0.2) is 9.91 Å². The molecule has 0 aliphatic rings. The minimum atomic E-state index is -0.508. The molecule has 0 saturated carbocycles. The normalized spacial score (nSPS) is 10.7. The molecule has 1 aromatic heterocycles. The summed E-state index contributed by atoms with van der Waals surface area (Å²) >= 11 is 9.31. The van der Waals surface area contributed by atoms with Crippen LogP contribution in [0, 0.1) is 17.0 Å². The lowest BCUT2D eigenvalue weighted by Gasteiger charge is -2.04. The summed E-state index contributed by atoms with van der Waals surface area (Å²) in [7, 11) is 0. The molecule has 0 unspecified atom stereocenters. The maximum atomic E-state index is 10.8. The van der Waals surface area contributed by atoms with Crippen LogP contribution in [0.3, 0.4) is 0 Å². The van der Waals surface area contributed by atoms with Gasteiger partial charge in [-0.3, -0.25) is 10.1 Å². The Kier molecular flexibility index (Phi) is 2.82. The largest absolute Gasteiger partial charge is 0.309 e. The minimum Gasteiger partial charge on any atom is -0.258 e. The first kappa shape index (κ1) is 11.3. The molecule has 1 aromatic carbocycles. The highest BCUT2D eigenvalue weighted by Gasteiger charge is 2.20. The van der Waals surface area contributed by atoms with Gasteiger partial charge in [0, 0.05) is 9.86 Å². The van der Waals surface area contributed by atoms with Crippen molar-refractivity contribution in [2.45, 2.75) is 6.92 Å². The van der Waals surface area contributed by atoms with E-state index in [1.165, 1.54) is 0 Å². The molecule has 0 spiro atoms. The number of aryl methyl sites for hydroxylation is 1. The molecular weight excluding hydrogens is 295 g/mol. The number of halogens is 2. The molecular formula is C10H6BrClN2O2. The highest BCUT2D eigenvalue weighted by molar-refractivity contribution is 9.10. The fourth-order valence-electron chi connectivity index (χ4n) is 1.52. The number of pyridine rings is 1. The number of aromatic nitrogens is 1. The standard InChI is InChI=1S/C10H6BrClN2O2/c1-5-10(14(15)16)9(12)7-3-2-6(11)4-8(7)13-5/h2-4H,1H3. The summed E-state index contributed by atoms with van der Waals surface area (Å²) in [5.41, 5.74) is 0.833. The predicted octanol–water partition coefficient (Wildman–Crippen LogP) is 3.87. The summed E-state index contributed by atoms with van der Waals surface area (Å²) in [6.45, 7) is 1.57. The van der Waals surface area contributed by atoms with Crippen LogP contribution in [0.2, 0.25) is 5.02 Å². The van der Waals surface area contributed by atoms with E-state index in [9.17, 15) is 10.1 Å². The molecule has 0 saturated heterocycles. The molecule has 0 N–H and O–H groups in total. The van der Waals surface area contributed by atoms with Gasteiger partial charge in [0.15, 0.2) is 0 Å². The zero-order chi connectivity index (χ0) is 11.9. The fraction of sp³-hybridized carbons (Fsp3) is 0.100. The van der Waals surface area contributed by atoms with Gasteiger partial charge in [-0.2, -0.15) is 0 Å². The van der Waals surface area contributed by atoms with Crippen molar-refractivity contribution >= 4 is 44.1 Å². The number of nitrogens with zero attached hydrogens (tertiary/aromatic N) is 2. The van der Waals surface area contributed by atoms with E-state index in [0.717, 1.165) is 4.47 Å². The number of fused-ring (bicyclic) bond motifs is 1. The van der Waals surface area contributed by atoms with Gasteiger partial charge in [-0.1, -0.05) is 27.5 Å². The Bertz CT molecular complexity index is 601. The molecule has 1 heterocycles. The van der Waals surface area contributed by atoms with E-state index in [2.05, 4.69) is 20.9 Å². The minimum absolute atomic E-state index is 0.128. The van der Waals surface area contributed by atoms with Crippen LogP contribution in [-0.2, 0) is 0 Å². The Balaban J connectivity index is 2.89. The van der Waals surface area contributed by atoms with E-state index in [0.29, 0.717) is 16.6 Å². The molecule has 0 amide bonds. The third-order valence-electron chi connectivity index (χ3n) is 2.22. The van der Waals surface area contributed by atoms with Crippen molar-refractivity contribution in [3.8, 4) is 0 Å². The average Bonchev–Trinajstić information content (AvgIpc) is 2.15. The molecule has 6 heteroatoms. The molecule has 0 radical (unpaired) electrons. The van der Waals surface area contributed by atoms with Crippen LogP contribution in [0.5, 0.6) is 0 Å². The van der Waals surface area contributed by atoms with E-state index in [1.807, 2.05) is 0 Å². The summed E-state index contributed by atoms with van der Waals surface area (Å²) in [5, 5.41) is 11.5. The molecule has 82 valence electrons. The summed E-state index contributed by atoms with van der Waals surface area (Å²) in [6.07, 6.45) is 0. The van der Waals surface area contributed by atoms with E-state index < -0.39 is 4.92 Å². The Hall–Kier alpha value is -1.20. The molecule has 0 aliphatic carbocycles. The van der Waals surface area contributed by atoms with E-state index >= 15 is 0 Å². The zero-order valence-electron chi connectivity index (χ0n) is 8.20. The summed E-state index contributed by atoms with van der Waals surface area (Å²) in [5.74, 6) is 0. The number of benzene rings is 1. The van der Waals surface area contributed by atoms with E-state index in [1.54, 1.807) is 25.1 Å². The zero-order valence-corrected chi connectivity index (χ0v) is 10.5. The van der Waals surface area contributed by atoms with Crippen LogP contribution < -0.4 is 0 Å². The van der Waals surface area contributed by atoms with Gasteiger partial charge in [0.2, 0.25) is 0 Å². The molecule has 2 rings (SSSR count). The SMILES string of the molecule is Cc1nc2cc(Br)ccc2c(Cl)c1[N+](=O)[O-]. The second-order valence-electron chi connectivity index (χ2n) is 3.28. The lowest BCUT2D eigenvalue weighted by atomic mass is 10.2. The van der Waals surface area contributed by atoms with E-state index in [-0.39, 0.29) is 10.7 Å². The van der Waals surface area contributed by atoms with Gasteiger partial charge < -0.3 is 0 Å². The van der Waals surface area contributed by atoms with Gasteiger partial charge in [-0.05, 0) is 25.1 Å². The van der Waals surface area contributed by atoms with Crippen molar-refractivity contribution in [1.29, 1.82) is 0 Å². The quantitative estimate of drug-likeness (QED) is 0.593. The van der Waals surface area contributed by atoms with Crippen LogP contribution in [0.15, 0.2) is 22.7 Å². The second-order valence-corrected chi connectivity index (χ2v) is 4.57. The van der Waals surface area contributed by atoms with Crippen molar-refractivity contribution in [1.82, 2.24) is 4.98 Å². The molecule has 0 aliphatic heterocycles. The Morgan fingerprint density at radius 1 is 1.50 bits per heavy atom. The van der Waals surface area contributed by atoms with Crippen molar-refractivity contribution < 1.29 is 4.92 Å². The first-order valence-corrected chi connectivity index (χ1v) is 5.57. The highest BCUT2D eigenvalue weighted by atomic mass is 79.9. The maximum absolute atomic E-state index is 10.8. The van der Waals surface area contributed by atoms with Crippen molar-refractivity contribution in [2.75, 3.05) is 0 Å². The smallest absolute Gasteiger partial charge is 0.258 e. The summed E-state index contributed by atoms with van der Waals surface area (Å²) < 4.78 is 0.858. The van der Waals surface area contributed by atoms with Crippen LogP contribution in [0.1, 0.15) is 5.69 Å². The highest BCUT2D eigenvalue weighted by Crippen LogP contribution is 2.34. The summed E-state index contributed by atoms with van der Waals surface area (Å²) in [6, 6.07) is 5.26. The third kappa shape index (κ3) is 1.76. The molecule has 4 nitrogen and oxygen atoms in total. The molecule has 0 bridgehead atoms. The average molecular weight is 302 g/mol. The third-order valence-corrected chi connectivity index (χ3v) is 3.09. The molecule has 0 fully saturated rings. The van der Waals surface area contributed by atoms with Gasteiger partial charge in [0.25, 0.3) is 0 Å². The van der Waals surface area contributed by atoms with Gasteiger partial charge >= 0.3 is 5.69 Å². The topological polar surface area (TPSA) is 56.0 Å². The van der Waals surface area contributed by atoms with E-state index in [4.69, 9.17) is 11.6 Å². The monoisotopic (exact) mass is 300 g/mol. The summed E-state index contributed by atoms with van der Waals surface area (Å²) in [4.78, 5) is 14.5. The van der Waals surface area contributed by atoms with Crippen LogP contribution in [0.25, 0.3) is 10.9 Å². The van der Waals surface area contributed by atoms with Crippen molar-refractivity contribution in [3.63, 3.8) is 0 Å². The van der Waals surface area contributed by atoms with Crippen molar-refractivity contribution in [3.05, 3.63) is 43.5 Å². The second kappa shape index (κ2) is 3.99. The number of rotatable bonds is 1. The number of hydrogen-bond acceptors (Lipinski definition) is 3. The van der Waals surface area contributed by atoms with Gasteiger partial charge in [-0.15, -0.1) is 0 Å². The molecule has 16 heavy (non-hydrogen) atoms. The van der Waals surface area contributed by atoms with Crippen molar-refractivity contribution in [2.24, 2.45) is 0 Å². The number of hydrogen-bond donors (Lipinski definition) is 0. The first-order chi connectivity index (χ1) is 7.50.